The maximum Gasteiger partial charge on any atom is 0.329 e. The number of hydrazone groups is 1. The predicted octanol–water partition coefficient (Wildman–Crippen LogP) is 5.37. The molecule has 0 aliphatic carbocycles. The zero-order valence-corrected chi connectivity index (χ0v) is 21.6. The molecule has 4 aromatic rings. The van der Waals surface area contributed by atoms with Gasteiger partial charge in [0, 0.05) is 15.7 Å². The van der Waals surface area contributed by atoms with Crippen molar-refractivity contribution in [2.75, 3.05) is 10.6 Å². The highest BCUT2D eigenvalue weighted by Crippen LogP contribution is 2.19. The third kappa shape index (κ3) is 7.37. The van der Waals surface area contributed by atoms with Gasteiger partial charge in [0.2, 0.25) is 0 Å². The highest BCUT2D eigenvalue weighted by molar-refractivity contribution is 9.10. The first-order valence-corrected chi connectivity index (χ1v) is 12.3. The molecule has 0 bridgehead atoms. The summed E-state index contributed by atoms with van der Waals surface area (Å²) in [4.78, 5) is 37.5. The van der Waals surface area contributed by atoms with E-state index in [1.165, 1.54) is 12.3 Å². The van der Waals surface area contributed by atoms with Gasteiger partial charge in [-0.3, -0.25) is 14.4 Å². The minimum absolute atomic E-state index is 0.191. The van der Waals surface area contributed by atoms with Gasteiger partial charge in [-0.15, -0.1) is 0 Å². The van der Waals surface area contributed by atoms with Gasteiger partial charge in [0.25, 0.3) is 5.91 Å². The van der Waals surface area contributed by atoms with Crippen molar-refractivity contribution in [2.45, 2.75) is 6.61 Å². The lowest BCUT2D eigenvalue weighted by Crippen LogP contribution is -2.33. The summed E-state index contributed by atoms with van der Waals surface area (Å²) in [5.74, 6) is -1.82. The fourth-order valence-corrected chi connectivity index (χ4v) is 3.63. The SMILES string of the molecule is O=C(N/N=C/c1ccccc1OCc1ccc(Br)cc1)C(=O)Nc1ccccc1C(=O)Nc1ccccc1. The molecule has 0 saturated heterocycles. The second-order valence-electron chi connectivity index (χ2n) is 7.97. The molecule has 0 spiro atoms. The molecule has 38 heavy (non-hydrogen) atoms. The molecular formula is C29H23BrN4O4. The van der Waals surface area contributed by atoms with Crippen LogP contribution < -0.4 is 20.8 Å². The van der Waals surface area contributed by atoms with Gasteiger partial charge in [0.15, 0.2) is 0 Å². The first kappa shape index (κ1) is 26.3. The first-order valence-electron chi connectivity index (χ1n) is 11.6. The smallest absolute Gasteiger partial charge is 0.329 e. The van der Waals surface area contributed by atoms with Crippen LogP contribution in [0.3, 0.4) is 0 Å². The van der Waals surface area contributed by atoms with E-state index in [2.05, 4.69) is 37.1 Å². The molecular weight excluding hydrogens is 548 g/mol. The van der Waals surface area contributed by atoms with Crippen molar-refractivity contribution in [2.24, 2.45) is 5.10 Å². The van der Waals surface area contributed by atoms with E-state index in [0.717, 1.165) is 10.0 Å². The Kier molecular flexibility index (Phi) is 8.98. The van der Waals surface area contributed by atoms with Crippen molar-refractivity contribution in [3.8, 4) is 5.75 Å². The van der Waals surface area contributed by atoms with Crippen molar-refractivity contribution in [3.63, 3.8) is 0 Å². The molecule has 3 N–H and O–H groups in total. The van der Waals surface area contributed by atoms with Crippen LogP contribution in [0.2, 0.25) is 0 Å². The Morgan fingerprint density at radius 1 is 0.763 bits per heavy atom. The molecule has 0 atom stereocenters. The summed E-state index contributed by atoms with van der Waals surface area (Å²) in [6, 6.07) is 30.3. The largest absolute Gasteiger partial charge is 0.488 e. The molecule has 0 aliphatic rings. The van der Waals surface area contributed by atoms with Gasteiger partial charge in [-0.1, -0.05) is 70.5 Å². The fourth-order valence-electron chi connectivity index (χ4n) is 3.36. The number of hydrogen-bond donors (Lipinski definition) is 3. The van der Waals surface area contributed by atoms with Gasteiger partial charge in [-0.05, 0) is 54.1 Å². The first-order chi connectivity index (χ1) is 18.5. The number of hydrogen-bond acceptors (Lipinski definition) is 5. The molecule has 9 heteroatoms. The lowest BCUT2D eigenvalue weighted by atomic mass is 10.1. The second kappa shape index (κ2) is 13.0. The number of nitrogens with zero attached hydrogens (tertiary/aromatic N) is 1. The molecule has 0 heterocycles. The number of benzene rings is 4. The number of para-hydroxylation sites is 3. The molecule has 8 nitrogen and oxygen atoms in total. The van der Waals surface area contributed by atoms with E-state index in [1.807, 2.05) is 36.4 Å². The molecule has 0 aromatic heterocycles. The van der Waals surface area contributed by atoms with Gasteiger partial charge < -0.3 is 15.4 Å². The number of carbonyl (C=O) groups excluding carboxylic acids is 3. The average molecular weight is 571 g/mol. The van der Waals surface area contributed by atoms with Crippen LogP contribution in [-0.2, 0) is 16.2 Å². The van der Waals surface area contributed by atoms with Gasteiger partial charge in [0.05, 0.1) is 17.5 Å². The zero-order chi connectivity index (χ0) is 26.7. The van der Waals surface area contributed by atoms with E-state index in [0.29, 0.717) is 23.6 Å². The summed E-state index contributed by atoms with van der Waals surface area (Å²) in [5.41, 5.74) is 4.81. The highest BCUT2D eigenvalue weighted by atomic mass is 79.9. The Bertz CT molecular complexity index is 1460. The minimum atomic E-state index is -0.993. The normalized spacial score (nSPS) is 10.6. The quantitative estimate of drug-likeness (QED) is 0.150. The number of ether oxygens (including phenoxy) is 1. The van der Waals surface area contributed by atoms with Crippen LogP contribution in [0.25, 0.3) is 0 Å². The van der Waals surface area contributed by atoms with Crippen molar-refractivity contribution in [1.82, 2.24) is 5.43 Å². The van der Waals surface area contributed by atoms with Crippen LogP contribution >= 0.6 is 15.9 Å². The fraction of sp³-hybridized carbons (Fsp3) is 0.0345. The van der Waals surface area contributed by atoms with Crippen LogP contribution in [0.1, 0.15) is 21.5 Å². The predicted molar refractivity (Wildman–Crippen MR) is 150 cm³/mol. The van der Waals surface area contributed by atoms with Crippen LogP contribution in [0.4, 0.5) is 11.4 Å². The molecule has 0 aliphatic heterocycles. The average Bonchev–Trinajstić information content (AvgIpc) is 2.94. The monoisotopic (exact) mass is 570 g/mol. The lowest BCUT2D eigenvalue weighted by Gasteiger charge is -2.11. The summed E-state index contributed by atoms with van der Waals surface area (Å²) in [5, 5.41) is 9.11. The van der Waals surface area contributed by atoms with Crippen LogP contribution in [-0.4, -0.2) is 23.9 Å². The molecule has 0 fully saturated rings. The van der Waals surface area contributed by atoms with E-state index >= 15 is 0 Å². The number of halogens is 1. The Balaban J connectivity index is 1.35. The van der Waals surface area contributed by atoms with Crippen molar-refractivity contribution in [1.29, 1.82) is 0 Å². The number of amides is 3. The van der Waals surface area contributed by atoms with E-state index in [4.69, 9.17) is 4.74 Å². The molecule has 0 unspecified atom stereocenters. The maximum absolute atomic E-state index is 12.7. The Morgan fingerprint density at radius 3 is 2.24 bits per heavy atom. The van der Waals surface area contributed by atoms with E-state index in [1.54, 1.807) is 60.7 Å². The van der Waals surface area contributed by atoms with Gasteiger partial charge >= 0.3 is 11.8 Å². The molecule has 3 amide bonds. The van der Waals surface area contributed by atoms with Crippen molar-refractivity contribution in [3.05, 3.63) is 124 Å². The Morgan fingerprint density at radius 2 is 1.45 bits per heavy atom. The second-order valence-corrected chi connectivity index (χ2v) is 8.89. The van der Waals surface area contributed by atoms with E-state index in [-0.39, 0.29) is 11.3 Å². The van der Waals surface area contributed by atoms with Crippen molar-refractivity contribution < 1.29 is 19.1 Å². The summed E-state index contributed by atoms with van der Waals surface area (Å²) < 4.78 is 6.87. The molecule has 0 radical (unpaired) electrons. The number of carbonyl (C=O) groups is 3. The third-order valence-electron chi connectivity index (χ3n) is 5.25. The summed E-state index contributed by atoms with van der Waals surface area (Å²) >= 11 is 3.40. The van der Waals surface area contributed by atoms with E-state index < -0.39 is 17.7 Å². The zero-order valence-electron chi connectivity index (χ0n) is 20.1. The van der Waals surface area contributed by atoms with Gasteiger partial charge in [-0.2, -0.15) is 5.10 Å². The van der Waals surface area contributed by atoms with Gasteiger partial charge in [-0.25, -0.2) is 5.43 Å². The lowest BCUT2D eigenvalue weighted by molar-refractivity contribution is -0.136. The standard InChI is InChI=1S/C29H23BrN4O4/c30-22-16-14-20(15-17-22)19-38-26-13-7-4-8-21(26)18-31-34-29(37)28(36)33-25-12-6-5-11-24(25)27(35)32-23-9-2-1-3-10-23/h1-18H,19H2,(H,32,35)(H,33,36)(H,34,37)/b31-18+. The summed E-state index contributed by atoms with van der Waals surface area (Å²) in [6.07, 6.45) is 1.39. The van der Waals surface area contributed by atoms with E-state index in [9.17, 15) is 14.4 Å². The number of anilines is 2. The number of rotatable bonds is 8. The summed E-state index contributed by atoms with van der Waals surface area (Å²) in [6.45, 7) is 0.351. The van der Waals surface area contributed by atoms with Crippen LogP contribution in [0.5, 0.6) is 5.75 Å². The third-order valence-corrected chi connectivity index (χ3v) is 5.78. The Labute approximate surface area is 227 Å². The van der Waals surface area contributed by atoms with Gasteiger partial charge in [0.1, 0.15) is 12.4 Å². The van der Waals surface area contributed by atoms with Crippen LogP contribution in [0.15, 0.2) is 113 Å². The Hall–Kier alpha value is -4.76. The molecule has 0 saturated carbocycles. The number of nitrogens with one attached hydrogen (secondary N) is 3. The highest BCUT2D eigenvalue weighted by Gasteiger charge is 2.18. The van der Waals surface area contributed by atoms with Crippen molar-refractivity contribution >= 4 is 51.2 Å². The molecule has 4 aromatic carbocycles. The summed E-state index contributed by atoms with van der Waals surface area (Å²) in [7, 11) is 0. The van der Waals surface area contributed by atoms with Crippen LogP contribution in [0, 0.1) is 0 Å². The minimum Gasteiger partial charge on any atom is -0.488 e. The molecule has 190 valence electrons. The topological polar surface area (TPSA) is 109 Å². The maximum atomic E-state index is 12.7. The molecule has 4 rings (SSSR count).